The highest BCUT2D eigenvalue weighted by Crippen LogP contribution is 2.13. The van der Waals surface area contributed by atoms with Crippen LogP contribution in [0, 0.1) is 0 Å². The summed E-state index contributed by atoms with van der Waals surface area (Å²) in [6.45, 7) is 0.981. The smallest absolute Gasteiger partial charge is 0.213 e. The Kier molecular flexibility index (Phi) is 11.8. The number of guanidine groups is 1. The van der Waals surface area contributed by atoms with Crippen molar-refractivity contribution in [3.63, 3.8) is 0 Å². The van der Waals surface area contributed by atoms with Gasteiger partial charge < -0.3 is 15.7 Å². The van der Waals surface area contributed by atoms with Crippen molar-refractivity contribution < 1.29 is 13.5 Å². The molecule has 7 nitrogen and oxygen atoms in total. The SMILES string of the molecule is CN=C(NCCS(=O)(=O)NCc1ccccc1)NCC(CO)c1ccccc1.I. The van der Waals surface area contributed by atoms with E-state index in [-0.39, 0.29) is 55.3 Å². The van der Waals surface area contributed by atoms with Gasteiger partial charge in [-0.25, -0.2) is 13.1 Å². The molecule has 0 heterocycles. The second-order valence-electron chi connectivity index (χ2n) is 6.30. The number of halogens is 1. The summed E-state index contributed by atoms with van der Waals surface area (Å²) in [4.78, 5) is 4.10. The molecule has 0 saturated heterocycles. The molecule has 2 aromatic rings. The van der Waals surface area contributed by atoms with Crippen LogP contribution in [0.4, 0.5) is 0 Å². The molecule has 9 heteroatoms. The molecule has 2 aromatic carbocycles. The van der Waals surface area contributed by atoms with E-state index in [1.165, 1.54) is 0 Å². The third kappa shape index (κ3) is 9.57. The van der Waals surface area contributed by atoms with E-state index in [4.69, 9.17) is 0 Å². The van der Waals surface area contributed by atoms with Crippen molar-refractivity contribution in [2.24, 2.45) is 4.99 Å². The first-order chi connectivity index (χ1) is 13.5. The Balaban J connectivity index is 0.00000420. The highest BCUT2D eigenvalue weighted by atomic mass is 127. The maximum atomic E-state index is 12.1. The number of aliphatic hydroxyl groups excluding tert-OH is 1. The zero-order valence-electron chi connectivity index (χ0n) is 16.4. The average Bonchev–Trinajstić information content (AvgIpc) is 2.73. The molecule has 0 aromatic heterocycles. The molecule has 0 saturated carbocycles. The van der Waals surface area contributed by atoms with Crippen LogP contribution in [0.2, 0.25) is 0 Å². The van der Waals surface area contributed by atoms with Gasteiger partial charge in [-0.2, -0.15) is 0 Å². The zero-order valence-corrected chi connectivity index (χ0v) is 19.6. The lowest BCUT2D eigenvalue weighted by Gasteiger charge is -2.18. The molecule has 0 aliphatic heterocycles. The Morgan fingerprint density at radius 1 is 1.03 bits per heavy atom. The van der Waals surface area contributed by atoms with Crippen molar-refractivity contribution in [3.05, 3.63) is 71.8 Å². The number of aliphatic imine (C=N–C) groups is 1. The third-order valence-corrected chi connectivity index (χ3v) is 5.56. The summed E-state index contributed by atoms with van der Waals surface area (Å²) in [5.74, 6) is 0.353. The lowest BCUT2D eigenvalue weighted by molar-refractivity contribution is 0.265. The van der Waals surface area contributed by atoms with Crippen LogP contribution in [-0.2, 0) is 16.6 Å². The summed E-state index contributed by atoms with van der Waals surface area (Å²) in [6.07, 6.45) is 0. The first-order valence-corrected chi connectivity index (χ1v) is 10.8. The Morgan fingerprint density at radius 3 is 2.24 bits per heavy atom. The summed E-state index contributed by atoms with van der Waals surface area (Å²) in [7, 11) is -1.78. The van der Waals surface area contributed by atoms with E-state index in [2.05, 4.69) is 20.3 Å². The Hall–Kier alpha value is -1.69. The molecule has 29 heavy (non-hydrogen) atoms. The molecule has 0 aliphatic carbocycles. The summed E-state index contributed by atoms with van der Waals surface area (Å²) < 4.78 is 26.8. The van der Waals surface area contributed by atoms with Gasteiger partial charge in [0.15, 0.2) is 5.96 Å². The van der Waals surface area contributed by atoms with Gasteiger partial charge in [0.2, 0.25) is 10.0 Å². The lowest BCUT2D eigenvalue weighted by atomic mass is 10.0. The molecule has 4 N–H and O–H groups in total. The minimum Gasteiger partial charge on any atom is -0.396 e. The van der Waals surface area contributed by atoms with Gasteiger partial charge in [0.25, 0.3) is 0 Å². The predicted molar refractivity (Wildman–Crippen MR) is 128 cm³/mol. The normalized spacial score (nSPS) is 12.7. The summed E-state index contributed by atoms with van der Waals surface area (Å²) in [5.41, 5.74) is 1.94. The zero-order chi connectivity index (χ0) is 20.2. The molecular weight excluding hydrogens is 503 g/mol. The number of aliphatic hydroxyl groups is 1. The highest BCUT2D eigenvalue weighted by molar-refractivity contribution is 14.0. The minimum atomic E-state index is -3.40. The van der Waals surface area contributed by atoms with Crippen LogP contribution in [0.25, 0.3) is 0 Å². The Bertz CT molecular complexity index is 833. The number of nitrogens with one attached hydrogen (secondary N) is 3. The van der Waals surface area contributed by atoms with Crippen LogP contribution in [0.5, 0.6) is 0 Å². The maximum absolute atomic E-state index is 12.1. The third-order valence-electron chi connectivity index (χ3n) is 4.23. The van der Waals surface area contributed by atoms with Crippen LogP contribution in [0.3, 0.4) is 0 Å². The molecule has 0 amide bonds. The van der Waals surface area contributed by atoms with Crippen molar-refractivity contribution in [2.75, 3.05) is 32.5 Å². The first-order valence-electron chi connectivity index (χ1n) is 9.15. The lowest BCUT2D eigenvalue weighted by Crippen LogP contribution is -2.42. The molecule has 0 aliphatic rings. The van der Waals surface area contributed by atoms with Gasteiger partial charge in [0.1, 0.15) is 0 Å². The molecule has 0 bridgehead atoms. The molecule has 0 spiro atoms. The van der Waals surface area contributed by atoms with Crippen LogP contribution >= 0.6 is 24.0 Å². The molecule has 0 fully saturated rings. The van der Waals surface area contributed by atoms with Crippen LogP contribution in [0.15, 0.2) is 65.7 Å². The Labute approximate surface area is 190 Å². The van der Waals surface area contributed by atoms with Gasteiger partial charge in [0.05, 0.1) is 12.4 Å². The van der Waals surface area contributed by atoms with Gasteiger partial charge in [-0.1, -0.05) is 60.7 Å². The molecule has 0 radical (unpaired) electrons. The first kappa shape index (κ1) is 25.3. The summed E-state index contributed by atoms with van der Waals surface area (Å²) in [6, 6.07) is 19.1. The van der Waals surface area contributed by atoms with Crippen LogP contribution in [0.1, 0.15) is 17.0 Å². The van der Waals surface area contributed by atoms with Gasteiger partial charge >= 0.3 is 0 Å². The van der Waals surface area contributed by atoms with Crippen LogP contribution in [-0.4, -0.2) is 52.0 Å². The van der Waals surface area contributed by atoms with E-state index in [0.29, 0.717) is 12.5 Å². The van der Waals surface area contributed by atoms with Gasteiger partial charge in [-0.15, -0.1) is 24.0 Å². The fourth-order valence-corrected chi connectivity index (χ4v) is 3.52. The van der Waals surface area contributed by atoms with E-state index < -0.39 is 10.0 Å². The topological polar surface area (TPSA) is 103 Å². The second-order valence-corrected chi connectivity index (χ2v) is 8.22. The monoisotopic (exact) mass is 532 g/mol. The second kappa shape index (κ2) is 13.5. The number of hydrogen-bond acceptors (Lipinski definition) is 4. The van der Waals surface area contributed by atoms with Crippen molar-refractivity contribution in [1.29, 1.82) is 0 Å². The Morgan fingerprint density at radius 2 is 1.66 bits per heavy atom. The standard InChI is InChI=1S/C20H28N4O3S.HI/c1-21-20(23-15-19(16-25)18-10-6-3-7-11-18)22-12-13-28(26,27)24-14-17-8-4-2-5-9-17;/h2-11,19,24-25H,12-16H2,1H3,(H2,21,22,23);1H. The maximum Gasteiger partial charge on any atom is 0.213 e. The summed E-state index contributed by atoms with van der Waals surface area (Å²) >= 11 is 0. The molecule has 2 rings (SSSR count). The largest absolute Gasteiger partial charge is 0.396 e. The quantitative estimate of drug-likeness (QED) is 0.212. The van der Waals surface area contributed by atoms with E-state index >= 15 is 0 Å². The number of nitrogens with zero attached hydrogens (tertiary/aromatic N) is 1. The number of rotatable bonds is 10. The van der Waals surface area contributed by atoms with Crippen molar-refractivity contribution in [2.45, 2.75) is 12.5 Å². The highest BCUT2D eigenvalue weighted by Gasteiger charge is 2.12. The van der Waals surface area contributed by atoms with E-state index in [0.717, 1.165) is 11.1 Å². The van der Waals surface area contributed by atoms with Crippen molar-refractivity contribution in [1.82, 2.24) is 15.4 Å². The molecule has 1 atom stereocenters. The number of hydrogen-bond donors (Lipinski definition) is 4. The molecule has 160 valence electrons. The predicted octanol–water partition coefficient (Wildman–Crippen LogP) is 1.67. The molecular formula is C20H29IN4O3S. The van der Waals surface area contributed by atoms with E-state index in [1.54, 1.807) is 7.05 Å². The summed E-state index contributed by atoms with van der Waals surface area (Å²) in [5, 5.41) is 15.7. The van der Waals surface area contributed by atoms with E-state index in [1.807, 2.05) is 60.7 Å². The van der Waals surface area contributed by atoms with Crippen LogP contribution < -0.4 is 15.4 Å². The fourth-order valence-electron chi connectivity index (χ4n) is 2.62. The van der Waals surface area contributed by atoms with Crippen molar-refractivity contribution in [3.8, 4) is 0 Å². The number of sulfonamides is 1. The fraction of sp³-hybridized carbons (Fsp3) is 0.350. The average molecular weight is 532 g/mol. The van der Waals surface area contributed by atoms with E-state index in [9.17, 15) is 13.5 Å². The molecule has 1 unspecified atom stereocenters. The number of benzene rings is 2. The van der Waals surface area contributed by atoms with Gasteiger partial charge in [-0.3, -0.25) is 4.99 Å². The van der Waals surface area contributed by atoms with Gasteiger partial charge in [-0.05, 0) is 11.1 Å². The van der Waals surface area contributed by atoms with Gasteiger partial charge in [0, 0.05) is 32.6 Å². The minimum absolute atomic E-state index is 0. The van der Waals surface area contributed by atoms with Crippen molar-refractivity contribution >= 4 is 40.0 Å².